The lowest BCUT2D eigenvalue weighted by Crippen LogP contribution is -2.38. The maximum atomic E-state index is 13.6. The Bertz CT molecular complexity index is 1410. The summed E-state index contributed by atoms with van der Waals surface area (Å²) in [6.07, 6.45) is 2.79. The van der Waals surface area contributed by atoms with E-state index >= 15 is 0 Å². The van der Waals surface area contributed by atoms with E-state index in [9.17, 15) is 23.2 Å². The highest BCUT2D eigenvalue weighted by Crippen LogP contribution is 2.21. The summed E-state index contributed by atoms with van der Waals surface area (Å²) in [6.45, 7) is 4.79. The van der Waals surface area contributed by atoms with Gasteiger partial charge in [-0.1, -0.05) is 19.9 Å². The molecule has 0 radical (unpaired) electrons. The zero-order chi connectivity index (χ0) is 24.3. The first kappa shape index (κ1) is 23.5. The van der Waals surface area contributed by atoms with Gasteiger partial charge in [-0.25, -0.2) is 4.79 Å². The highest BCUT2D eigenvalue weighted by molar-refractivity contribution is 6.09. The number of hydrogen-bond donors (Lipinski definition) is 1. The molecule has 0 saturated carbocycles. The Labute approximate surface area is 187 Å². The highest BCUT2D eigenvalue weighted by Gasteiger charge is 2.25. The lowest BCUT2D eigenvalue weighted by Gasteiger charge is -2.18. The molecule has 1 aromatic carbocycles. The molecule has 168 valence electrons. The molecule has 0 aliphatic carbocycles. The number of carbonyl (C=O) groups excluding carboxylic acids is 1. The van der Waals surface area contributed by atoms with Crippen LogP contribution in [0.5, 0.6) is 0 Å². The minimum absolute atomic E-state index is 0.0554. The predicted octanol–water partition coefficient (Wildman–Crippen LogP) is 3.46. The van der Waals surface area contributed by atoms with Gasteiger partial charge in [0.15, 0.2) is 0 Å². The van der Waals surface area contributed by atoms with Gasteiger partial charge in [0.1, 0.15) is 5.69 Å². The third kappa shape index (κ3) is 5.18. The van der Waals surface area contributed by atoms with Gasteiger partial charge in [0, 0.05) is 17.2 Å². The summed E-state index contributed by atoms with van der Waals surface area (Å²) < 4.78 is 28.3. The summed E-state index contributed by atoms with van der Waals surface area (Å²) in [5, 5.41) is 8.79. The minimum Gasteiger partial charge on any atom is -0.287 e. The number of aromatic nitrogens is 3. The first-order chi connectivity index (χ1) is 15.6. The number of rotatable bonds is 6. The lowest BCUT2D eigenvalue weighted by molar-refractivity contribution is 0.102. The van der Waals surface area contributed by atoms with E-state index in [2.05, 4.69) is 9.97 Å². The number of aromatic amines is 1. The van der Waals surface area contributed by atoms with Gasteiger partial charge in [-0.2, -0.15) is 19.0 Å². The number of hydrogen-bond acceptors (Lipinski definition) is 5. The van der Waals surface area contributed by atoms with Crippen LogP contribution >= 0.6 is 0 Å². The number of benzene rings is 1. The van der Waals surface area contributed by atoms with Crippen LogP contribution < -0.4 is 11.2 Å². The van der Waals surface area contributed by atoms with Crippen molar-refractivity contribution in [2.75, 3.05) is 0 Å². The van der Waals surface area contributed by atoms with Gasteiger partial charge in [-0.05, 0) is 59.9 Å². The van der Waals surface area contributed by atoms with Crippen molar-refractivity contribution in [1.29, 1.82) is 5.26 Å². The van der Waals surface area contributed by atoms with E-state index in [1.54, 1.807) is 32.9 Å². The monoisotopic (exact) mass is 450 g/mol. The standard InChI is InChI=1S/C24H20F2N4O3/c1-13(2)20-21(22(31)17-8-14(3)7-15(9-17)5-4-6-27)30(24(33)29-23(20)32)12-16-10-18(25)28-19(26)11-16/h4-5,7-11,13H,12H2,1-3H3,(H,29,32,33). The maximum Gasteiger partial charge on any atom is 0.329 e. The third-order valence-corrected chi connectivity index (χ3v) is 4.90. The van der Waals surface area contributed by atoms with Crippen LogP contribution in [0.3, 0.4) is 0 Å². The minimum atomic E-state index is -1.08. The molecule has 0 fully saturated rings. The Morgan fingerprint density at radius 1 is 1.18 bits per heavy atom. The zero-order valence-electron chi connectivity index (χ0n) is 18.1. The van der Waals surface area contributed by atoms with Crippen LogP contribution in [-0.4, -0.2) is 20.3 Å². The zero-order valence-corrected chi connectivity index (χ0v) is 18.1. The average molecular weight is 450 g/mol. The summed E-state index contributed by atoms with van der Waals surface area (Å²) in [4.78, 5) is 44.2. The summed E-state index contributed by atoms with van der Waals surface area (Å²) >= 11 is 0. The molecule has 1 N–H and O–H groups in total. The average Bonchev–Trinajstić information content (AvgIpc) is 2.72. The number of nitriles is 1. The lowest BCUT2D eigenvalue weighted by atomic mass is 9.95. The Morgan fingerprint density at radius 2 is 1.85 bits per heavy atom. The van der Waals surface area contributed by atoms with E-state index in [1.807, 2.05) is 6.07 Å². The molecule has 0 saturated heterocycles. The van der Waals surface area contributed by atoms with Crippen molar-refractivity contribution in [2.24, 2.45) is 0 Å². The second-order valence-electron chi connectivity index (χ2n) is 7.81. The molecule has 2 heterocycles. The van der Waals surface area contributed by atoms with Crippen LogP contribution in [0.4, 0.5) is 8.78 Å². The number of carbonyl (C=O) groups is 1. The van der Waals surface area contributed by atoms with E-state index in [4.69, 9.17) is 5.26 Å². The Balaban J connectivity index is 2.27. The van der Waals surface area contributed by atoms with E-state index in [-0.39, 0.29) is 28.9 Å². The van der Waals surface area contributed by atoms with Gasteiger partial charge in [0.25, 0.3) is 5.56 Å². The number of nitrogens with one attached hydrogen (secondary N) is 1. The fourth-order valence-corrected chi connectivity index (χ4v) is 3.62. The largest absolute Gasteiger partial charge is 0.329 e. The van der Waals surface area contributed by atoms with E-state index in [0.717, 1.165) is 22.3 Å². The molecule has 9 heteroatoms. The van der Waals surface area contributed by atoms with Gasteiger partial charge in [-0.3, -0.25) is 19.1 Å². The normalized spacial score (nSPS) is 11.2. The van der Waals surface area contributed by atoms with Crippen molar-refractivity contribution < 1.29 is 13.6 Å². The molecule has 2 aromatic heterocycles. The fraction of sp³-hybridized carbons (Fsp3) is 0.208. The van der Waals surface area contributed by atoms with E-state index < -0.39 is 34.8 Å². The molecule has 0 spiro atoms. The number of aryl methyl sites for hydroxylation is 1. The molecule has 3 rings (SSSR count). The summed E-state index contributed by atoms with van der Waals surface area (Å²) in [5.41, 5.74) is -0.131. The molecule has 3 aromatic rings. The van der Waals surface area contributed by atoms with Crippen LogP contribution in [0.1, 0.15) is 58.1 Å². The molecule has 0 bridgehead atoms. The Hall–Kier alpha value is -4.19. The van der Waals surface area contributed by atoms with Crippen LogP contribution in [0.2, 0.25) is 0 Å². The molecule has 33 heavy (non-hydrogen) atoms. The Kier molecular flexibility index (Phi) is 6.78. The second-order valence-corrected chi connectivity index (χ2v) is 7.81. The number of nitrogens with zero attached hydrogens (tertiary/aromatic N) is 3. The third-order valence-electron chi connectivity index (χ3n) is 4.90. The van der Waals surface area contributed by atoms with Crippen LogP contribution in [0.15, 0.2) is 46.0 Å². The molecule has 0 atom stereocenters. The smallest absolute Gasteiger partial charge is 0.287 e. The molecular formula is C24H20F2N4O3. The number of halogens is 2. The summed E-state index contributed by atoms with van der Waals surface area (Å²) in [6, 6.07) is 8.67. The first-order valence-electron chi connectivity index (χ1n) is 10.0. The molecule has 0 aliphatic rings. The van der Waals surface area contributed by atoms with Gasteiger partial charge in [0.05, 0.1) is 12.6 Å². The van der Waals surface area contributed by atoms with Crippen molar-refractivity contribution in [3.05, 3.63) is 103 Å². The highest BCUT2D eigenvalue weighted by atomic mass is 19.1. The molecular weight excluding hydrogens is 430 g/mol. The molecule has 0 unspecified atom stereocenters. The second kappa shape index (κ2) is 9.53. The van der Waals surface area contributed by atoms with Crippen molar-refractivity contribution >= 4 is 11.9 Å². The summed E-state index contributed by atoms with van der Waals surface area (Å²) in [7, 11) is 0. The number of H-pyrrole nitrogens is 1. The summed E-state index contributed by atoms with van der Waals surface area (Å²) in [5.74, 6) is -3.19. The predicted molar refractivity (Wildman–Crippen MR) is 118 cm³/mol. The van der Waals surface area contributed by atoms with Crippen LogP contribution in [-0.2, 0) is 6.54 Å². The molecule has 0 amide bonds. The van der Waals surface area contributed by atoms with Gasteiger partial charge >= 0.3 is 5.69 Å². The molecule has 0 aliphatic heterocycles. The topological polar surface area (TPSA) is 109 Å². The van der Waals surface area contributed by atoms with E-state index in [0.29, 0.717) is 5.56 Å². The van der Waals surface area contributed by atoms with Gasteiger partial charge in [-0.15, -0.1) is 0 Å². The quantitative estimate of drug-likeness (QED) is 0.352. The van der Waals surface area contributed by atoms with E-state index in [1.165, 1.54) is 18.2 Å². The number of ketones is 1. The van der Waals surface area contributed by atoms with Crippen LogP contribution in [0.25, 0.3) is 6.08 Å². The maximum absolute atomic E-state index is 13.6. The molecule has 7 nitrogen and oxygen atoms in total. The van der Waals surface area contributed by atoms with Crippen LogP contribution in [0, 0.1) is 30.2 Å². The SMILES string of the molecule is Cc1cc(C=CC#N)cc(C(=O)c2c(C(C)C)c(=O)[nH]c(=O)n2Cc2cc(F)nc(F)c2)c1. The fourth-order valence-electron chi connectivity index (χ4n) is 3.62. The van der Waals surface area contributed by atoms with Gasteiger partial charge in [0.2, 0.25) is 17.7 Å². The number of allylic oxidation sites excluding steroid dienone is 1. The first-order valence-corrected chi connectivity index (χ1v) is 10.0. The van der Waals surface area contributed by atoms with Crippen molar-refractivity contribution in [1.82, 2.24) is 14.5 Å². The van der Waals surface area contributed by atoms with Crippen molar-refractivity contribution in [3.63, 3.8) is 0 Å². The van der Waals surface area contributed by atoms with Gasteiger partial charge < -0.3 is 0 Å². The Morgan fingerprint density at radius 3 is 2.45 bits per heavy atom. The van der Waals surface area contributed by atoms with Crippen molar-refractivity contribution in [3.8, 4) is 6.07 Å². The van der Waals surface area contributed by atoms with Crippen molar-refractivity contribution in [2.45, 2.75) is 33.2 Å². The number of pyridine rings is 1.